The first-order valence-electron chi connectivity index (χ1n) is 9.83. The SMILES string of the molecule is CCOP(=O)(OCC)Oc1nc2ccc(F)cc2n(Cc2ccc(OC)c(OC)c2)c1=O. The summed E-state index contributed by atoms with van der Waals surface area (Å²) in [7, 11) is -1.06. The highest BCUT2D eigenvalue weighted by Crippen LogP contribution is 2.48. The Balaban J connectivity index is 2.14. The van der Waals surface area contributed by atoms with Gasteiger partial charge in [0.25, 0.3) is 5.88 Å². The molecular formula is C21H24FN2O7P. The second-order valence-electron chi connectivity index (χ2n) is 6.50. The number of methoxy groups -OCH3 is 2. The lowest BCUT2D eigenvalue weighted by atomic mass is 10.2. The van der Waals surface area contributed by atoms with E-state index >= 15 is 0 Å². The van der Waals surface area contributed by atoms with Gasteiger partial charge in [0, 0.05) is 0 Å². The van der Waals surface area contributed by atoms with E-state index < -0.39 is 25.1 Å². The van der Waals surface area contributed by atoms with Crippen LogP contribution in [0.1, 0.15) is 19.4 Å². The molecule has 3 rings (SSSR count). The van der Waals surface area contributed by atoms with Gasteiger partial charge in [-0.25, -0.2) is 13.9 Å². The Morgan fingerprint density at radius 1 is 1.00 bits per heavy atom. The molecule has 0 amide bonds. The maximum Gasteiger partial charge on any atom is 0.531 e. The highest BCUT2D eigenvalue weighted by atomic mass is 31.2. The van der Waals surface area contributed by atoms with Gasteiger partial charge in [-0.3, -0.25) is 18.4 Å². The molecule has 2 aromatic carbocycles. The van der Waals surface area contributed by atoms with Crippen LogP contribution in [0.4, 0.5) is 4.39 Å². The van der Waals surface area contributed by atoms with Crippen molar-refractivity contribution >= 4 is 18.9 Å². The van der Waals surface area contributed by atoms with Crippen molar-refractivity contribution in [3.05, 3.63) is 58.1 Å². The van der Waals surface area contributed by atoms with E-state index in [0.29, 0.717) is 17.1 Å². The molecular weight excluding hydrogens is 442 g/mol. The fourth-order valence-corrected chi connectivity index (χ4v) is 4.22. The van der Waals surface area contributed by atoms with Crippen LogP contribution in [0.15, 0.2) is 41.2 Å². The van der Waals surface area contributed by atoms with E-state index in [-0.39, 0.29) is 30.8 Å². The Kier molecular flexibility index (Phi) is 7.50. The van der Waals surface area contributed by atoms with E-state index in [1.165, 1.54) is 37.0 Å². The molecule has 0 aliphatic carbocycles. The van der Waals surface area contributed by atoms with Gasteiger partial charge in [-0.2, -0.15) is 0 Å². The quantitative estimate of drug-likeness (QED) is 0.411. The number of nitrogens with zero attached hydrogens (tertiary/aromatic N) is 2. The van der Waals surface area contributed by atoms with E-state index in [2.05, 4.69) is 4.98 Å². The van der Waals surface area contributed by atoms with Crippen molar-refractivity contribution in [1.82, 2.24) is 9.55 Å². The molecule has 0 saturated heterocycles. The lowest BCUT2D eigenvalue weighted by Crippen LogP contribution is -2.24. The molecule has 0 spiro atoms. The highest BCUT2D eigenvalue weighted by Gasteiger charge is 2.30. The van der Waals surface area contributed by atoms with Gasteiger partial charge in [0.2, 0.25) is 0 Å². The second kappa shape index (κ2) is 10.1. The maximum atomic E-state index is 14.0. The number of fused-ring (bicyclic) bond motifs is 1. The van der Waals surface area contributed by atoms with Crippen LogP contribution in [0.25, 0.3) is 11.0 Å². The van der Waals surface area contributed by atoms with E-state index in [4.69, 9.17) is 23.0 Å². The van der Waals surface area contributed by atoms with Gasteiger partial charge < -0.3 is 14.0 Å². The second-order valence-corrected chi connectivity index (χ2v) is 8.10. The summed E-state index contributed by atoms with van der Waals surface area (Å²) in [6.45, 7) is 3.33. The molecule has 0 N–H and O–H groups in total. The predicted molar refractivity (Wildman–Crippen MR) is 116 cm³/mol. The summed E-state index contributed by atoms with van der Waals surface area (Å²) in [6, 6.07) is 8.93. The van der Waals surface area contributed by atoms with Crippen LogP contribution in [0, 0.1) is 5.82 Å². The van der Waals surface area contributed by atoms with Crippen molar-refractivity contribution in [2.24, 2.45) is 0 Å². The van der Waals surface area contributed by atoms with Gasteiger partial charge in [-0.05, 0) is 49.7 Å². The van der Waals surface area contributed by atoms with Gasteiger partial charge in [-0.1, -0.05) is 6.07 Å². The van der Waals surface area contributed by atoms with Crippen molar-refractivity contribution < 1.29 is 32.0 Å². The lowest BCUT2D eigenvalue weighted by Gasteiger charge is -2.18. The minimum absolute atomic E-state index is 0.0333. The van der Waals surface area contributed by atoms with Crippen LogP contribution in [0.2, 0.25) is 0 Å². The number of halogens is 1. The minimum atomic E-state index is -4.07. The molecule has 172 valence electrons. The van der Waals surface area contributed by atoms with Crippen molar-refractivity contribution in [2.45, 2.75) is 20.4 Å². The van der Waals surface area contributed by atoms with Gasteiger partial charge in [0.15, 0.2) is 11.5 Å². The zero-order chi connectivity index (χ0) is 23.3. The molecule has 0 fully saturated rings. The third-order valence-electron chi connectivity index (χ3n) is 4.44. The maximum absolute atomic E-state index is 14.0. The summed E-state index contributed by atoms with van der Waals surface area (Å²) in [4.78, 5) is 17.4. The Labute approximate surface area is 184 Å². The average Bonchev–Trinajstić information content (AvgIpc) is 2.77. The third-order valence-corrected chi connectivity index (χ3v) is 5.99. The first-order valence-corrected chi connectivity index (χ1v) is 11.3. The van der Waals surface area contributed by atoms with Crippen molar-refractivity contribution in [3.8, 4) is 17.4 Å². The molecule has 1 aromatic heterocycles. The van der Waals surface area contributed by atoms with Crippen LogP contribution in [-0.2, 0) is 20.2 Å². The van der Waals surface area contributed by atoms with E-state index in [9.17, 15) is 13.8 Å². The summed E-state index contributed by atoms with van der Waals surface area (Å²) in [5, 5.41) is 0. The monoisotopic (exact) mass is 466 g/mol. The number of hydrogen-bond acceptors (Lipinski definition) is 8. The van der Waals surface area contributed by atoms with Crippen molar-refractivity contribution in [3.63, 3.8) is 0 Å². The zero-order valence-corrected chi connectivity index (χ0v) is 19.1. The van der Waals surface area contributed by atoms with E-state index in [1.807, 2.05) is 0 Å². The Morgan fingerprint density at radius 2 is 1.69 bits per heavy atom. The van der Waals surface area contributed by atoms with Crippen molar-refractivity contribution in [1.29, 1.82) is 0 Å². The van der Waals surface area contributed by atoms with Gasteiger partial charge in [0.1, 0.15) is 5.82 Å². The normalized spacial score (nSPS) is 11.5. The van der Waals surface area contributed by atoms with E-state index in [1.54, 1.807) is 32.0 Å². The van der Waals surface area contributed by atoms with Gasteiger partial charge in [0.05, 0.1) is 45.0 Å². The molecule has 3 aromatic rings. The Morgan fingerprint density at radius 3 is 2.31 bits per heavy atom. The molecule has 0 unspecified atom stereocenters. The van der Waals surface area contributed by atoms with Gasteiger partial charge >= 0.3 is 13.4 Å². The number of rotatable bonds is 10. The van der Waals surface area contributed by atoms with Crippen LogP contribution in [0.3, 0.4) is 0 Å². The molecule has 0 radical (unpaired) electrons. The summed E-state index contributed by atoms with van der Waals surface area (Å²) in [6.07, 6.45) is 0. The number of phosphoric ester groups is 1. The number of benzene rings is 2. The molecule has 0 bridgehead atoms. The lowest BCUT2D eigenvalue weighted by molar-refractivity contribution is 0.165. The number of ether oxygens (including phenoxy) is 2. The first-order chi connectivity index (χ1) is 15.3. The standard InChI is InChI=1S/C21H24FN2O7P/c1-5-29-32(26,30-6-2)31-20-21(25)24(17-12-15(22)8-9-16(17)23-20)13-14-7-10-18(27-3)19(11-14)28-4/h7-12H,5-6,13H2,1-4H3. The number of aromatic nitrogens is 2. The smallest absolute Gasteiger partial charge is 0.493 e. The summed E-state index contributed by atoms with van der Waals surface area (Å²) >= 11 is 0. The molecule has 0 atom stereocenters. The minimum Gasteiger partial charge on any atom is -0.493 e. The topological polar surface area (TPSA) is 98.1 Å². The number of hydrogen-bond donors (Lipinski definition) is 0. The van der Waals surface area contributed by atoms with Crippen LogP contribution < -0.4 is 19.6 Å². The molecule has 32 heavy (non-hydrogen) atoms. The summed E-state index contributed by atoms with van der Waals surface area (Å²) < 4.78 is 54.2. The molecule has 0 saturated carbocycles. The highest BCUT2D eigenvalue weighted by molar-refractivity contribution is 7.48. The van der Waals surface area contributed by atoms with Crippen LogP contribution in [-0.4, -0.2) is 37.0 Å². The Bertz CT molecular complexity index is 1200. The first kappa shape index (κ1) is 23.7. The predicted octanol–water partition coefficient (Wildman–Crippen LogP) is 4.16. The number of phosphoric acid groups is 1. The molecule has 11 heteroatoms. The Hall–Kier alpha value is -2.94. The zero-order valence-electron chi connectivity index (χ0n) is 18.2. The fraction of sp³-hybridized carbons (Fsp3) is 0.333. The molecule has 1 heterocycles. The summed E-state index contributed by atoms with van der Waals surface area (Å²) in [5.41, 5.74) is 0.448. The van der Waals surface area contributed by atoms with Crippen LogP contribution >= 0.6 is 7.82 Å². The largest absolute Gasteiger partial charge is 0.531 e. The van der Waals surface area contributed by atoms with Gasteiger partial charge in [-0.15, -0.1) is 0 Å². The molecule has 9 nitrogen and oxygen atoms in total. The summed E-state index contributed by atoms with van der Waals surface area (Å²) in [5.74, 6) is -0.0265. The van der Waals surface area contributed by atoms with Crippen LogP contribution in [0.5, 0.6) is 17.4 Å². The van der Waals surface area contributed by atoms with Crippen molar-refractivity contribution in [2.75, 3.05) is 27.4 Å². The third kappa shape index (κ3) is 5.09. The molecule has 0 aliphatic heterocycles. The fourth-order valence-electron chi connectivity index (χ4n) is 3.08. The van der Waals surface area contributed by atoms with E-state index in [0.717, 1.165) is 0 Å². The average molecular weight is 466 g/mol. The molecule has 0 aliphatic rings.